The van der Waals surface area contributed by atoms with Gasteiger partial charge >= 0.3 is 0 Å². The van der Waals surface area contributed by atoms with E-state index >= 15 is 0 Å². The van der Waals surface area contributed by atoms with E-state index in [0.29, 0.717) is 11.7 Å². The average Bonchev–Trinajstić information content (AvgIpc) is 2.46. The van der Waals surface area contributed by atoms with Crippen molar-refractivity contribution in [1.29, 1.82) is 0 Å². The van der Waals surface area contributed by atoms with Crippen LogP contribution >= 0.6 is 0 Å². The zero-order chi connectivity index (χ0) is 14.5. The molecule has 1 saturated heterocycles. The maximum atomic E-state index is 12.4. The number of amides is 1. The number of methoxy groups -OCH3 is 1. The Hall–Kier alpha value is -1.71. The van der Waals surface area contributed by atoms with Crippen molar-refractivity contribution in [3.63, 3.8) is 0 Å². The topological polar surface area (TPSA) is 38.8 Å². The molecule has 0 spiro atoms. The van der Waals surface area contributed by atoms with Crippen molar-refractivity contribution in [3.05, 3.63) is 24.3 Å². The van der Waals surface area contributed by atoms with Crippen LogP contribution in [-0.2, 0) is 4.79 Å². The lowest BCUT2D eigenvalue weighted by Gasteiger charge is -2.32. The van der Waals surface area contributed by atoms with E-state index in [9.17, 15) is 4.79 Å². The molecular weight excluding hydrogens is 254 g/mol. The molecule has 2 atom stereocenters. The number of carbonyl (C=O) groups is 1. The van der Waals surface area contributed by atoms with Crippen LogP contribution in [0.15, 0.2) is 24.3 Å². The molecule has 4 nitrogen and oxygen atoms in total. The fourth-order valence-electron chi connectivity index (χ4n) is 2.58. The predicted octanol–water partition coefficient (Wildman–Crippen LogP) is 2.72. The summed E-state index contributed by atoms with van der Waals surface area (Å²) in [7, 11) is 1.61. The summed E-state index contributed by atoms with van der Waals surface area (Å²) in [6.45, 7) is 5.67. The zero-order valence-corrected chi connectivity index (χ0v) is 12.5. The number of likely N-dealkylation sites (tertiary alicyclic amines) is 1. The van der Waals surface area contributed by atoms with Crippen LogP contribution in [0, 0.1) is 5.92 Å². The van der Waals surface area contributed by atoms with Crippen LogP contribution in [0.25, 0.3) is 0 Å². The summed E-state index contributed by atoms with van der Waals surface area (Å²) < 4.78 is 10.9. The van der Waals surface area contributed by atoms with Gasteiger partial charge in [-0.15, -0.1) is 0 Å². The van der Waals surface area contributed by atoms with E-state index in [1.807, 2.05) is 23.1 Å². The molecule has 110 valence electrons. The lowest BCUT2D eigenvalue weighted by molar-refractivity contribution is -0.139. The Balaban J connectivity index is 1.96. The van der Waals surface area contributed by atoms with Gasteiger partial charge in [0.15, 0.2) is 6.10 Å². The van der Waals surface area contributed by atoms with Crippen LogP contribution < -0.4 is 9.47 Å². The predicted molar refractivity (Wildman–Crippen MR) is 78.1 cm³/mol. The molecule has 0 saturated carbocycles. The minimum Gasteiger partial charge on any atom is -0.497 e. The van der Waals surface area contributed by atoms with Gasteiger partial charge in [0.2, 0.25) is 0 Å². The Morgan fingerprint density at radius 2 is 2.15 bits per heavy atom. The average molecular weight is 277 g/mol. The molecule has 1 fully saturated rings. The van der Waals surface area contributed by atoms with Crippen LogP contribution in [0.3, 0.4) is 0 Å². The van der Waals surface area contributed by atoms with Crippen LogP contribution in [0.5, 0.6) is 11.5 Å². The SMILES string of the molecule is COc1cccc(O[C@H](C)C(=O)N2CCC[C@@H](C)C2)c1. The second-order valence-corrected chi connectivity index (χ2v) is 5.47. The van der Waals surface area contributed by atoms with E-state index in [0.717, 1.165) is 25.3 Å². The first-order chi connectivity index (χ1) is 9.60. The molecule has 0 aromatic heterocycles. The van der Waals surface area contributed by atoms with Gasteiger partial charge in [0, 0.05) is 19.2 Å². The van der Waals surface area contributed by atoms with Crippen molar-refractivity contribution < 1.29 is 14.3 Å². The van der Waals surface area contributed by atoms with Crippen LogP contribution in [-0.4, -0.2) is 37.1 Å². The molecule has 2 rings (SSSR count). The third kappa shape index (κ3) is 3.65. The van der Waals surface area contributed by atoms with Crippen LogP contribution in [0.4, 0.5) is 0 Å². The Labute approximate surface area is 120 Å². The van der Waals surface area contributed by atoms with Gasteiger partial charge in [-0.25, -0.2) is 0 Å². The van der Waals surface area contributed by atoms with Crippen molar-refractivity contribution in [2.24, 2.45) is 5.92 Å². The monoisotopic (exact) mass is 277 g/mol. The lowest BCUT2D eigenvalue weighted by Crippen LogP contribution is -2.45. The van der Waals surface area contributed by atoms with Gasteiger partial charge < -0.3 is 14.4 Å². The van der Waals surface area contributed by atoms with E-state index < -0.39 is 6.10 Å². The maximum absolute atomic E-state index is 12.4. The summed E-state index contributed by atoms with van der Waals surface area (Å²) in [5, 5.41) is 0. The van der Waals surface area contributed by atoms with E-state index in [2.05, 4.69) is 6.92 Å². The van der Waals surface area contributed by atoms with E-state index in [1.54, 1.807) is 20.1 Å². The Bertz CT molecular complexity index is 461. The van der Waals surface area contributed by atoms with Gasteiger partial charge in [-0.05, 0) is 37.8 Å². The molecule has 20 heavy (non-hydrogen) atoms. The van der Waals surface area contributed by atoms with Gasteiger partial charge in [0.25, 0.3) is 5.91 Å². The van der Waals surface area contributed by atoms with Crippen LogP contribution in [0.1, 0.15) is 26.7 Å². The first-order valence-electron chi connectivity index (χ1n) is 7.19. The number of nitrogens with zero attached hydrogens (tertiary/aromatic N) is 1. The summed E-state index contributed by atoms with van der Waals surface area (Å²) >= 11 is 0. The highest BCUT2D eigenvalue weighted by atomic mass is 16.5. The van der Waals surface area contributed by atoms with Crippen molar-refractivity contribution in [3.8, 4) is 11.5 Å². The molecule has 1 heterocycles. The lowest BCUT2D eigenvalue weighted by atomic mass is 10.00. The highest BCUT2D eigenvalue weighted by Crippen LogP contribution is 2.21. The second-order valence-electron chi connectivity index (χ2n) is 5.47. The minimum absolute atomic E-state index is 0.0689. The number of ether oxygens (including phenoxy) is 2. The van der Waals surface area contributed by atoms with Gasteiger partial charge in [-0.1, -0.05) is 13.0 Å². The Morgan fingerprint density at radius 1 is 1.40 bits per heavy atom. The highest BCUT2D eigenvalue weighted by molar-refractivity contribution is 5.81. The molecule has 0 bridgehead atoms. The Morgan fingerprint density at radius 3 is 2.85 bits per heavy atom. The molecule has 0 unspecified atom stereocenters. The number of carbonyl (C=O) groups excluding carboxylic acids is 1. The first-order valence-corrected chi connectivity index (χ1v) is 7.19. The van der Waals surface area contributed by atoms with Crippen molar-refractivity contribution in [2.45, 2.75) is 32.8 Å². The molecule has 1 aliphatic heterocycles. The molecular formula is C16H23NO3. The first kappa shape index (κ1) is 14.7. The summed E-state index contributed by atoms with van der Waals surface area (Å²) in [4.78, 5) is 14.3. The fraction of sp³-hybridized carbons (Fsp3) is 0.562. The molecule has 0 radical (unpaired) electrons. The number of benzene rings is 1. The van der Waals surface area contributed by atoms with Crippen molar-refractivity contribution in [1.82, 2.24) is 4.90 Å². The van der Waals surface area contributed by atoms with Crippen molar-refractivity contribution in [2.75, 3.05) is 20.2 Å². The smallest absolute Gasteiger partial charge is 0.263 e. The summed E-state index contributed by atoms with van der Waals surface area (Å²) in [5.74, 6) is 2.04. The minimum atomic E-state index is -0.465. The molecule has 1 amide bonds. The molecule has 1 aromatic rings. The highest BCUT2D eigenvalue weighted by Gasteiger charge is 2.26. The Kier molecular flexibility index (Phi) is 4.88. The molecule has 1 aliphatic rings. The number of hydrogen-bond donors (Lipinski definition) is 0. The second kappa shape index (κ2) is 6.64. The number of rotatable bonds is 4. The zero-order valence-electron chi connectivity index (χ0n) is 12.5. The normalized spacial score (nSPS) is 20.4. The largest absolute Gasteiger partial charge is 0.497 e. The van der Waals surface area contributed by atoms with E-state index in [4.69, 9.17) is 9.47 Å². The summed E-state index contributed by atoms with van der Waals surface area (Å²) in [6.07, 6.45) is 1.82. The van der Waals surface area contributed by atoms with Gasteiger partial charge in [-0.3, -0.25) is 4.79 Å². The van der Waals surface area contributed by atoms with Gasteiger partial charge in [0.05, 0.1) is 7.11 Å². The molecule has 4 heteroatoms. The van der Waals surface area contributed by atoms with E-state index in [1.165, 1.54) is 6.42 Å². The maximum Gasteiger partial charge on any atom is 0.263 e. The van der Waals surface area contributed by atoms with Gasteiger partial charge in [0.1, 0.15) is 11.5 Å². The fourth-order valence-corrected chi connectivity index (χ4v) is 2.58. The number of piperidine rings is 1. The third-order valence-electron chi connectivity index (χ3n) is 3.67. The van der Waals surface area contributed by atoms with Gasteiger partial charge in [-0.2, -0.15) is 0 Å². The summed E-state index contributed by atoms with van der Waals surface area (Å²) in [6, 6.07) is 7.34. The molecule has 0 N–H and O–H groups in total. The third-order valence-corrected chi connectivity index (χ3v) is 3.67. The standard InChI is InChI=1S/C16H23NO3/c1-12-6-5-9-17(11-12)16(18)13(2)20-15-8-4-7-14(10-15)19-3/h4,7-8,10,12-13H,5-6,9,11H2,1-3H3/t12-,13-/m1/s1. The van der Waals surface area contributed by atoms with Crippen molar-refractivity contribution >= 4 is 5.91 Å². The molecule has 1 aromatic carbocycles. The number of hydrogen-bond acceptors (Lipinski definition) is 3. The summed E-state index contributed by atoms with van der Waals surface area (Å²) in [5.41, 5.74) is 0. The quantitative estimate of drug-likeness (QED) is 0.849. The van der Waals surface area contributed by atoms with E-state index in [-0.39, 0.29) is 5.91 Å². The molecule has 0 aliphatic carbocycles. The van der Waals surface area contributed by atoms with Crippen LogP contribution in [0.2, 0.25) is 0 Å².